The number of hydrogen-bond acceptors (Lipinski definition) is 2. The molecule has 0 aliphatic rings. The Morgan fingerprint density at radius 3 is 2.88 bits per heavy atom. The lowest BCUT2D eigenvalue weighted by atomic mass is 10.3. The number of H-pyrrole nitrogens is 1. The van der Waals surface area contributed by atoms with Gasteiger partial charge in [-0.05, 0) is 18.2 Å². The van der Waals surface area contributed by atoms with Gasteiger partial charge in [-0.2, -0.15) is 0 Å². The van der Waals surface area contributed by atoms with E-state index in [0.717, 1.165) is 0 Å². The summed E-state index contributed by atoms with van der Waals surface area (Å²) in [6, 6.07) is 5.07. The number of nitrogens with zero attached hydrogens (tertiary/aromatic N) is 2. The van der Waals surface area contributed by atoms with E-state index in [9.17, 15) is 0 Å². The molecule has 0 radical (unpaired) electrons. The van der Waals surface area contributed by atoms with Gasteiger partial charge in [-0.25, -0.2) is 4.57 Å². The van der Waals surface area contributed by atoms with Crippen molar-refractivity contribution in [2.45, 2.75) is 0 Å². The average molecular weight is 237 g/mol. The molecule has 0 bridgehead atoms. The summed E-state index contributed by atoms with van der Waals surface area (Å²) in [6.45, 7) is 0. The zero-order chi connectivity index (χ0) is 11.5. The molecule has 1 aromatic heterocycles. The van der Waals surface area contributed by atoms with E-state index >= 15 is 0 Å². The molecule has 0 aliphatic heterocycles. The first-order chi connectivity index (χ1) is 7.66. The van der Waals surface area contributed by atoms with Crippen molar-refractivity contribution in [1.82, 2.24) is 4.98 Å². The first-order valence-corrected chi connectivity index (χ1v) is 4.98. The van der Waals surface area contributed by atoms with Crippen molar-refractivity contribution < 1.29 is 4.57 Å². The first kappa shape index (κ1) is 10.5. The van der Waals surface area contributed by atoms with E-state index in [1.165, 1.54) is 0 Å². The number of hydrogen-bond donors (Lipinski definition) is 3. The third-order valence-electron chi connectivity index (χ3n) is 2.03. The van der Waals surface area contributed by atoms with Crippen molar-refractivity contribution in [3.05, 3.63) is 41.9 Å². The number of benzene rings is 1. The molecule has 82 valence electrons. The molecule has 5 N–H and O–H groups in total. The maximum absolute atomic E-state index is 5.78. The molecule has 0 unspecified atom stereocenters. The van der Waals surface area contributed by atoms with E-state index in [4.69, 9.17) is 23.1 Å². The largest absolute Gasteiger partial charge is 0.396 e. The van der Waals surface area contributed by atoms with Crippen molar-refractivity contribution in [2.24, 2.45) is 10.7 Å². The van der Waals surface area contributed by atoms with Crippen LogP contribution in [0.4, 0.5) is 11.4 Å². The average Bonchev–Trinajstić information content (AvgIpc) is 2.75. The van der Waals surface area contributed by atoms with Gasteiger partial charge >= 0.3 is 5.96 Å². The molecule has 2 aromatic rings. The molecule has 0 fully saturated rings. The standard InChI is InChI=1S/C10H10ClN5/c11-7-1-2-9(8(12)5-7)15-10(13)16-4-3-14-6-16/h1-6H,12H2,(H2,13,15)/p+1. The first-order valence-electron chi connectivity index (χ1n) is 4.60. The monoisotopic (exact) mass is 236 g/mol. The van der Waals surface area contributed by atoms with Gasteiger partial charge in [-0.15, -0.1) is 4.99 Å². The van der Waals surface area contributed by atoms with Crippen LogP contribution in [0.5, 0.6) is 0 Å². The van der Waals surface area contributed by atoms with Gasteiger partial charge in [-0.3, -0.25) is 4.98 Å². The molecule has 5 nitrogen and oxygen atoms in total. The van der Waals surface area contributed by atoms with Crippen LogP contribution in [0.15, 0.2) is 41.9 Å². The molecule has 16 heavy (non-hydrogen) atoms. The third kappa shape index (κ3) is 2.14. The number of aliphatic imine (C=N–C) groups is 1. The molecule has 0 saturated carbocycles. The number of aromatic nitrogens is 2. The van der Waals surface area contributed by atoms with Gasteiger partial charge in [0.1, 0.15) is 5.69 Å². The summed E-state index contributed by atoms with van der Waals surface area (Å²) in [5.74, 6) is 0.329. The highest BCUT2D eigenvalue weighted by atomic mass is 35.5. The lowest BCUT2D eigenvalue weighted by molar-refractivity contribution is -0.555. The molecule has 0 atom stereocenters. The fourth-order valence-electron chi connectivity index (χ4n) is 1.24. The second-order valence-electron chi connectivity index (χ2n) is 3.19. The molecular weight excluding hydrogens is 226 g/mol. The number of imidazole rings is 1. The van der Waals surface area contributed by atoms with Crippen LogP contribution in [0.2, 0.25) is 5.02 Å². The Labute approximate surface area is 97.4 Å². The van der Waals surface area contributed by atoms with E-state index in [0.29, 0.717) is 22.4 Å². The van der Waals surface area contributed by atoms with Crippen LogP contribution in [0.1, 0.15) is 0 Å². The van der Waals surface area contributed by atoms with Crippen LogP contribution in [-0.2, 0) is 0 Å². The van der Waals surface area contributed by atoms with Gasteiger partial charge in [0.15, 0.2) is 6.33 Å². The van der Waals surface area contributed by atoms with E-state index in [-0.39, 0.29) is 0 Å². The Bertz CT molecular complexity index is 518. The van der Waals surface area contributed by atoms with Crippen molar-refractivity contribution in [3.8, 4) is 0 Å². The lowest BCUT2D eigenvalue weighted by Crippen LogP contribution is -2.46. The van der Waals surface area contributed by atoms with Crippen molar-refractivity contribution in [2.75, 3.05) is 5.73 Å². The van der Waals surface area contributed by atoms with E-state index in [1.807, 2.05) is 0 Å². The number of halogens is 1. The Morgan fingerprint density at radius 1 is 1.44 bits per heavy atom. The fourth-order valence-corrected chi connectivity index (χ4v) is 1.42. The fraction of sp³-hybridized carbons (Fsp3) is 0. The van der Waals surface area contributed by atoms with Gasteiger partial charge in [0, 0.05) is 5.02 Å². The molecule has 0 spiro atoms. The minimum absolute atomic E-state index is 0.329. The minimum Gasteiger partial charge on any atom is -0.396 e. The van der Waals surface area contributed by atoms with Gasteiger partial charge < -0.3 is 11.5 Å². The van der Waals surface area contributed by atoms with Crippen LogP contribution in [-0.4, -0.2) is 10.9 Å². The Balaban J connectivity index is 2.36. The Hall–Kier alpha value is -2.01. The topological polar surface area (TPSA) is 84.1 Å². The van der Waals surface area contributed by atoms with Crippen molar-refractivity contribution >= 4 is 28.9 Å². The molecule has 0 saturated heterocycles. The van der Waals surface area contributed by atoms with Gasteiger partial charge in [0.2, 0.25) is 0 Å². The van der Waals surface area contributed by atoms with Crippen molar-refractivity contribution in [1.29, 1.82) is 0 Å². The highest BCUT2D eigenvalue weighted by molar-refractivity contribution is 6.31. The highest BCUT2D eigenvalue weighted by Gasteiger charge is 2.06. The summed E-state index contributed by atoms with van der Waals surface area (Å²) >= 11 is 5.78. The van der Waals surface area contributed by atoms with Crippen LogP contribution in [0.25, 0.3) is 0 Å². The summed E-state index contributed by atoms with van der Waals surface area (Å²) in [5, 5.41) is 0.573. The Morgan fingerprint density at radius 2 is 2.25 bits per heavy atom. The summed E-state index contributed by atoms with van der Waals surface area (Å²) in [6.07, 6.45) is 5.18. The molecule has 0 amide bonds. The van der Waals surface area contributed by atoms with Crippen LogP contribution >= 0.6 is 11.6 Å². The van der Waals surface area contributed by atoms with Gasteiger partial charge in [0.05, 0.1) is 18.1 Å². The van der Waals surface area contributed by atoms with Gasteiger partial charge in [-0.1, -0.05) is 11.6 Å². The van der Waals surface area contributed by atoms with E-state index in [2.05, 4.69) is 9.98 Å². The zero-order valence-corrected chi connectivity index (χ0v) is 9.15. The number of rotatable bonds is 1. The predicted octanol–water partition coefficient (Wildman–Crippen LogP) is 1.03. The molecule has 2 rings (SSSR count). The normalized spacial score (nSPS) is 11.7. The molecular formula is C10H11ClN5+. The maximum atomic E-state index is 5.78. The molecule has 6 heteroatoms. The van der Waals surface area contributed by atoms with E-state index in [1.54, 1.807) is 41.5 Å². The Kier molecular flexibility index (Phi) is 2.78. The smallest absolute Gasteiger partial charge is 0.349 e. The number of aromatic amines is 1. The quantitative estimate of drug-likeness (QED) is 0.299. The number of anilines is 1. The second kappa shape index (κ2) is 4.24. The minimum atomic E-state index is 0.329. The summed E-state index contributed by atoms with van der Waals surface area (Å²) in [4.78, 5) is 7.07. The second-order valence-corrected chi connectivity index (χ2v) is 3.63. The number of nitrogens with one attached hydrogen (secondary N) is 1. The number of nitrogen functional groups attached to an aromatic ring is 1. The molecule has 0 aliphatic carbocycles. The van der Waals surface area contributed by atoms with Gasteiger partial charge in [0.25, 0.3) is 0 Å². The lowest BCUT2D eigenvalue weighted by Gasteiger charge is -1.98. The predicted molar refractivity (Wildman–Crippen MR) is 63.5 cm³/mol. The van der Waals surface area contributed by atoms with Crippen LogP contribution < -0.4 is 16.0 Å². The molecule has 1 aromatic carbocycles. The SMILES string of the molecule is NC(=Nc1ccc(Cl)cc1N)[n+]1cc[nH]c1. The summed E-state index contributed by atoms with van der Waals surface area (Å²) < 4.78 is 1.65. The summed E-state index contributed by atoms with van der Waals surface area (Å²) in [5.41, 5.74) is 12.6. The van der Waals surface area contributed by atoms with Crippen molar-refractivity contribution in [3.63, 3.8) is 0 Å². The van der Waals surface area contributed by atoms with Crippen LogP contribution in [0.3, 0.4) is 0 Å². The summed E-state index contributed by atoms with van der Waals surface area (Å²) in [7, 11) is 0. The highest BCUT2D eigenvalue weighted by Crippen LogP contribution is 2.24. The molecule has 1 heterocycles. The van der Waals surface area contributed by atoms with E-state index < -0.39 is 0 Å². The number of nitrogens with two attached hydrogens (primary N) is 2. The third-order valence-corrected chi connectivity index (χ3v) is 2.27. The zero-order valence-electron chi connectivity index (χ0n) is 8.39. The van der Waals surface area contributed by atoms with Crippen LogP contribution in [0, 0.1) is 0 Å². The maximum Gasteiger partial charge on any atom is 0.349 e.